The van der Waals surface area contributed by atoms with Crippen LogP contribution in [0.3, 0.4) is 0 Å². The standard InChI is InChI=1S/C25H19N7O3/c26-24(35)18-19(31-32-25(18)30-17-10-12-27-13-11-17)14-6-8-16(9-7-14)29-21-20(22(33)23(21)34)28-15-4-2-1-3-5-15/h1-13,28-29H,(H2,26,35)(H2,27,30,31,32). The molecule has 0 radical (unpaired) electrons. The Hall–Kier alpha value is -5.25. The molecule has 0 aliphatic rings. The van der Waals surface area contributed by atoms with E-state index in [0.29, 0.717) is 34.1 Å². The maximum absolute atomic E-state index is 12.2. The van der Waals surface area contributed by atoms with E-state index >= 15 is 0 Å². The molecular formula is C25H19N7O3. The molecule has 0 saturated heterocycles. The van der Waals surface area contributed by atoms with Crippen molar-refractivity contribution in [3.63, 3.8) is 0 Å². The topological polar surface area (TPSA) is 155 Å². The largest absolute Gasteiger partial charge is 0.365 e. The summed E-state index contributed by atoms with van der Waals surface area (Å²) < 4.78 is 0. The van der Waals surface area contributed by atoms with Crippen LogP contribution in [0.4, 0.5) is 34.3 Å². The van der Waals surface area contributed by atoms with Crippen molar-refractivity contribution in [1.29, 1.82) is 0 Å². The molecule has 2 aromatic heterocycles. The third-order valence-electron chi connectivity index (χ3n) is 5.35. The Bertz CT molecular complexity index is 1570. The van der Waals surface area contributed by atoms with Crippen LogP contribution in [0.1, 0.15) is 10.4 Å². The van der Waals surface area contributed by atoms with E-state index in [-0.39, 0.29) is 16.9 Å². The lowest BCUT2D eigenvalue weighted by atomic mass is 10.1. The minimum atomic E-state index is -0.645. The Kier molecular flexibility index (Phi) is 5.52. The van der Waals surface area contributed by atoms with Gasteiger partial charge >= 0.3 is 0 Å². The van der Waals surface area contributed by atoms with Crippen molar-refractivity contribution in [1.82, 2.24) is 15.2 Å². The van der Waals surface area contributed by atoms with Crippen LogP contribution in [-0.4, -0.2) is 21.1 Å². The fourth-order valence-corrected chi connectivity index (χ4v) is 3.61. The Morgan fingerprint density at radius 3 is 1.91 bits per heavy atom. The minimum absolute atomic E-state index is 0.190. The molecule has 0 aliphatic carbocycles. The summed E-state index contributed by atoms with van der Waals surface area (Å²) in [6.07, 6.45) is 3.23. The zero-order valence-corrected chi connectivity index (χ0v) is 18.2. The average molecular weight is 465 g/mol. The molecular weight excluding hydrogens is 446 g/mol. The molecule has 0 saturated carbocycles. The van der Waals surface area contributed by atoms with Gasteiger partial charge in [-0.3, -0.25) is 24.5 Å². The van der Waals surface area contributed by atoms with Crippen molar-refractivity contribution >= 4 is 40.2 Å². The summed E-state index contributed by atoms with van der Waals surface area (Å²) in [5, 5.41) is 16.1. The van der Waals surface area contributed by atoms with E-state index < -0.39 is 16.8 Å². The van der Waals surface area contributed by atoms with Gasteiger partial charge in [0.25, 0.3) is 16.8 Å². The highest BCUT2D eigenvalue weighted by Crippen LogP contribution is 2.30. The number of hydrogen-bond acceptors (Lipinski definition) is 8. The first-order valence-corrected chi connectivity index (χ1v) is 10.6. The molecule has 172 valence electrons. The van der Waals surface area contributed by atoms with E-state index in [1.165, 1.54) is 0 Å². The number of hydrogen-bond donors (Lipinski definition) is 5. The van der Waals surface area contributed by atoms with Gasteiger partial charge in [0, 0.05) is 35.0 Å². The van der Waals surface area contributed by atoms with Crippen molar-refractivity contribution in [3.05, 3.63) is 105 Å². The summed E-state index contributed by atoms with van der Waals surface area (Å²) in [5.41, 5.74) is 8.17. The quantitative estimate of drug-likeness (QED) is 0.218. The number of H-pyrrole nitrogens is 1. The number of aromatic nitrogens is 3. The van der Waals surface area contributed by atoms with Crippen molar-refractivity contribution in [2.45, 2.75) is 0 Å². The van der Waals surface area contributed by atoms with Gasteiger partial charge in [0.15, 0.2) is 5.82 Å². The van der Waals surface area contributed by atoms with Crippen LogP contribution >= 0.6 is 0 Å². The molecule has 2 heterocycles. The number of primary amides is 1. The number of amides is 1. The lowest BCUT2D eigenvalue weighted by Crippen LogP contribution is -2.35. The molecule has 10 nitrogen and oxygen atoms in total. The predicted octanol–water partition coefficient (Wildman–Crippen LogP) is 3.40. The van der Waals surface area contributed by atoms with E-state index in [4.69, 9.17) is 5.73 Å². The highest BCUT2D eigenvalue weighted by Gasteiger charge is 2.22. The summed E-state index contributed by atoms with van der Waals surface area (Å²) in [5.74, 6) is -0.353. The fourth-order valence-electron chi connectivity index (χ4n) is 3.61. The first kappa shape index (κ1) is 21.6. The lowest BCUT2D eigenvalue weighted by molar-refractivity contribution is 0.100. The van der Waals surface area contributed by atoms with Gasteiger partial charge in [-0.1, -0.05) is 30.3 Å². The van der Waals surface area contributed by atoms with Gasteiger partial charge < -0.3 is 21.7 Å². The summed E-state index contributed by atoms with van der Waals surface area (Å²) in [6, 6.07) is 19.5. The highest BCUT2D eigenvalue weighted by molar-refractivity contribution is 6.04. The molecule has 3 aromatic carbocycles. The van der Waals surface area contributed by atoms with Crippen molar-refractivity contribution in [2.24, 2.45) is 5.73 Å². The second kappa shape index (κ2) is 8.94. The number of para-hydroxylation sites is 1. The van der Waals surface area contributed by atoms with Crippen LogP contribution in [0.15, 0.2) is 88.7 Å². The maximum atomic E-state index is 12.2. The normalized spacial score (nSPS) is 10.7. The third-order valence-corrected chi connectivity index (χ3v) is 5.35. The van der Waals surface area contributed by atoms with Crippen LogP contribution in [0.5, 0.6) is 0 Å². The molecule has 0 atom stereocenters. The lowest BCUT2D eigenvalue weighted by Gasteiger charge is -2.15. The number of nitrogens with one attached hydrogen (secondary N) is 4. The second-order valence-corrected chi connectivity index (χ2v) is 7.65. The van der Waals surface area contributed by atoms with Crippen LogP contribution in [0.25, 0.3) is 11.3 Å². The SMILES string of the molecule is NC(=O)c1c(Nc2ccncc2)n[nH]c1-c1ccc(Nc2c(Nc3ccccc3)c(=O)c2=O)cc1. The number of rotatable bonds is 8. The molecule has 1 amide bonds. The van der Waals surface area contributed by atoms with Gasteiger partial charge in [0.2, 0.25) is 0 Å². The van der Waals surface area contributed by atoms with E-state index in [9.17, 15) is 14.4 Å². The summed E-state index contributed by atoms with van der Waals surface area (Å²) in [6.45, 7) is 0. The van der Waals surface area contributed by atoms with E-state index in [0.717, 1.165) is 0 Å². The summed E-state index contributed by atoms with van der Waals surface area (Å²) in [7, 11) is 0. The molecule has 35 heavy (non-hydrogen) atoms. The fraction of sp³-hybridized carbons (Fsp3) is 0. The zero-order chi connectivity index (χ0) is 24.4. The third kappa shape index (κ3) is 4.23. The zero-order valence-electron chi connectivity index (χ0n) is 18.2. The second-order valence-electron chi connectivity index (χ2n) is 7.65. The number of carbonyl (C=O) groups excluding carboxylic acids is 1. The number of aromatic amines is 1. The van der Waals surface area contributed by atoms with Gasteiger partial charge in [-0.05, 0) is 36.4 Å². The van der Waals surface area contributed by atoms with Gasteiger partial charge in [-0.25, -0.2) is 0 Å². The van der Waals surface area contributed by atoms with E-state index in [2.05, 4.69) is 31.1 Å². The molecule has 0 bridgehead atoms. The van der Waals surface area contributed by atoms with E-state index in [1.807, 2.05) is 18.2 Å². The Morgan fingerprint density at radius 2 is 1.31 bits per heavy atom. The molecule has 10 heteroatoms. The number of nitrogens with zero attached hydrogens (tertiary/aromatic N) is 2. The Balaban J connectivity index is 1.38. The number of pyridine rings is 1. The molecule has 5 rings (SSSR count). The number of nitrogens with two attached hydrogens (primary N) is 1. The monoisotopic (exact) mass is 465 g/mol. The van der Waals surface area contributed by atoms with Gasteiger partial charge in [0.1, 0.15) is 16.9 Å². The van der Waals surface area contributed by atoms with Crippen LogP contribution in [-0.2, 0) is 0 Å². The Morgan fingerprint density at radius 1 is 0.743 bits per heavy atom. The van der Waals surface area contributed by atoms with Gasteiger partial charge in [0.05, 0.1) is 5.69 Å². The molecule has 0 aliphatic heterocycles. The van der Waals surface area contributed by atoms with Gasteiger partial charge in [-0.15, -0.1) is 0 Å². The number of anilines is 6. The first-order valence-electron chi connectivity index (χ1n) is 10.6. The molecule has 0 unspecified atom stereocenters. The van der Waals surface area contributed by atoms with Crippen LogP contribution < -0.4 is 32.5 Å². The summed E-state index contributed by atoms with van der Waals surface area (Å²) >= 11 is 0. The molecule has 5 aromatic rings. The molecule has 0 spiro atoms. The maximum Gasteiger partial charge on any atom is 0.254 e. The molecule has 0 fully saturated rings. The highest BCUT2D eigenvalue weighted by atomic mass is 16.2. The van der Waals surface area contributed by atoms with Crippen LogP contribution in [0.2, 0.25) is 0 Å². The Labute approximate surface area is 198 Å². The van der Waals surface area contributed by atoms with Gasteiger partial charge in [-0.2, -0.15) is 5.10 Å². The molecule has 6 N–H and O–H groups in total. The first-order chi connectivity index (χ1) is 17.0. The predicted molar refractivity (Wildman–Crippen MR) is 134 cm³/mol. The minimum Gasteiger partial charge on any atom is -0.365 e. The smallest absolute Gasteiger partial charge is 0.254 e. The number of benzene rings is 2. The van der Waals surface area contributed by atoms with E-state index in [1.54, 1.807) is 60.9 Å². The number of carbonyl (C=O) groups is 1. The van der Waals surface area contributed by atoms with Crippen LogP contribution in [0, 0.1) is 0 Å². The van der Waals surface area contributed by atoms with Crippen molar-refractivity contribution in [2.75, 3.05) is 16.0 Å². The van der Waals surface area contributed by atoms with Crippen molar-refractivity contribution in [3.8, 4) is 11.3 Å². The van der Waals surface area contributed by atoms with Crippen molar-refractivity contribution < 1.29 is 4.79 Å². The summed E-state index contributed by atoms with van der Waals surface area (Å²) in [4.78, 5) is 40.4. The average Bonchev–Trinajstić information content (AvgIpc) is 3.31.